The van der Waals surface area contributed by atoms with Gasteiger partial charge in [0.1, 0.15) is 11.6 Å². The van der Waals surface area contributed by atoms with E-state index in [0.717, 1.165) is 44.4 Å². The molecule has 1 atom stereocenters. The Labute approximate surface area is 142 Å². The van der Waals surface area contributed by atoms with Crippen molar-refractivity contribution >= 4 is 5.91 Å². The Balaban J connectivity index is 1.48. The predicted molar refractivity (Wildman–Crippen MR) is 91.4 cm³/mol. The number of imidazole rings is 2. The summed E-state index contributed by atoms with van der Waals surface area (Å²) in [4.78, 5) is 25.5. The molecule has 2 aromatic heterocycles. The van der Waals surface area contributed by atoms with E-state index in [-0.39, 0.29) is 11.9 Å². The van der Waals surface area contributed by atoms with Gasteiger partial charge in [0, 0.05) is 70.5 Å². The number of hydrogen-bond acceptors (Lipinski definition) is 4. The first-order valence-corrected chi connectivity index (χ1v) is 8.50. The highest BCUT2D eigenvalue weighted by Crippen LogP contribution is 2.16. The van der Waals surface area contributed by atoms with Crippen LogP contribution in [-0.4, -0.2) is 61.0 Å². The first-order chi connectivity index (χ1) is 11.5. The monoisotopic (exact) mass is 330 g/mol. The van der Waals surface area contributed by atoms with Crippen LogP contribution in [0.4, 0.5) is 0 Å². The third kappa shape index (κ3) is 3.67. The van der Waals surface area contributed by atoms with Crippen LogP contribution in [0.15, 0.2) is 24.8 Å². The maximum absolute atomic E-state index is 12.5. The number of carbonyl (C=O) groups excluding carboxylic acids is 1. The normalized spacial score (nSPS) is 17.2. The molecular weight excluding hydrogens is 304 g/mol. The van der Waals surface area contributed by atoms with Crippen molar-refractivity contribution in [3.63, 3.8) is 0 Å². The van der Waals surface area contributed by atoms with Gasteiger partial charge in [0.2, 0.25) is 5.91 Å². The molecule has 7 nitrogen and oxygen atoms in total. The van der Waals surface area contributed by atoms with Crippen molar-refractivity contribution in [2.45, 2.75) is 32.9 Å². The van der Waals surface area contributed by atoms with Gasteiger partial charge in [-0.15, -0.1) is 0 Å². The number of aryl methyl sites for hydroxylation is 2. The predicted octanol–water partition coefficient (Wildman–Crippen LogP) is 1.22. The lowest BCUT2D eigenvalue weighted by molar-refractivity contribution is -0.133. The van der Waals surface area contributed by atoms with E-state index in [4.69, 9.17) is 0 Å². The lowest BCUT2D eigenvalue weighted by Crippen LogP contribution is -2.48. The molecular formula is C17H26N6O. The molecule has 0 aromatic carbocycles. The van der Waals surface area contributed by atoms with Gasteiger partial charge in [0.05, 0.1) is 6.54 Å². The minimum absolute atomic E-state index is 0.144. The molecule has 24 heavy (non-hydrogen) atoms. The second kappa shape index (κ2) is 7.17. The van der Waals surface area contributed by atoms with Gasteiger partial charge in [0.25, 0.3) is 0 Å². The van der Waals surface area contributed by atoms with Crippen LogP contribution in [0.1, 0.15) is 31.0 Å². The second-order valence-corrected chi connectivity index (χ2v) is 6.55. The standard InChI is InChI=1S/C17H26N6O/c1-14(23-7-5-18-15(23)2)12-17(24)22-10-8-21(9-11-22)13-16-19-4-6-20(16)3/h4-7,14H,8-13H2,1-3H3/t14-/m0/s1. The van der Waals surface area contributed by atoms with Gasteiger partial charge in [-0.2, -0.15) is 0 Å². The van der Waals surface area contributed by atoms with E-state index in [9.17, 15) is 4.79 Å². The fourth-order valence-electron chi connectivity index (χ4n) is 3.24. The van der Waals surface area contributed by atoms with E-state index in [0.29, 0.717) is 6.42 Å². The maximum atomic E-state index is 12.5. The highest BCUT2D eigenvalue weighted by atomic mass is 16.2. The van der Waals surface area contributed by atoms with E-state index >= 15 is 0 Å². The smallest absolute Gasteiger partial charge is 0.224 e. The average Bonchev–Trinajstić information content (AvgIpc) is 3.17. The van der Waals surface area contributed by atoms with Crippen LogP contribution in [0, 0.1) is 6.92 Å². The van der Waals surface area contributed by atoms with Gasteiger partial charge in [-0.05, 0) is 13.8 Å². The molecule has 1 saturated heterocycles. The second-order valence-electron chi connectivity index (χ2n) is 6.55. The van der Waals surface area contributed by atoms with Crippen molar-refractivity contribution in [1.82, 2.24) is 28.9 Å². The van der Waals surface area contributed by atoms with Gasteiger partial charge >= 0.3 is 0 Å². The molecule has 0 radical (unpaired) electrons. The molecule has 1 amide bonds. The van der Waals surface area contributed by atoms with Crippen LogP contribution >= 0.6 is 0 Å². The van der Waals surface area contributed by atoms with Gasteiger partial charge in [-0.25, -0.2) is 9.97 Å². The molecule has 1 aliphatic heterocycles. The van der Waals surface area contributed by atoms with Crippen LogP contribution in [0.5, 0.6) is 0 Å². The molecule has 3 heterocycles. The van der Waals surface area contributed by atoms with Gasteiger partial charge < -0.3 is 14.0 Å². The molecule has 0 bridgehead atoms. The third-order valence-electron chi connectivity index (χ3n) is 4.82. The number of hydrogen-bond donors (Lipinski definition) is 0. The maximum Gasteiger partial charge on any atom is 0.224 e. The summed E-state index contributed by atoms with van der Waals surface area (Å²) in [5.74, 6) is 2.25. The average molecular weight is 330 g/mol. The lowest BCUT2D eigenvalue weighted by Gasteiger charge is -2.35. The Morgan fingerprint density at radius 3 is 2.46 bits per heavy atom. The Bertz CT molecular complexity index is 683. The summed E-state index contributed by atoms with van der Waals surface area (Å²) in [7, 11) is 2.02. The van der Waals surface area contributed by atoms with Crippen LogP contribution in [0.25, 0.3) is 0 Å². The fourth-order valence-corrected chi connectivity index (χ4v) is 3.24. The number of carbonyl (C=O) groups is 1. The Hall–Kier alpha value is -2.15. The topological polar surface area (TPSA) is 59.2 Å². The highest BCUT2D eigenvalue weighted by Gasteiger charge is 2.23. The van der Waals surface area contributed by atoms with E-state index < -0.39 is 0 Å². The van der Waals surface area contributed by atoms with Crippen molar-refractivity contribution in [2.75, 3.05) is 26.2 Å². The number of rotatable bonds is 5. The van der Waals surface area contributed by atoms with E-state index in [1.807, 2.05) is 42.0 Å². The zero-order valence-electron chi connectivity index (χ0n) is 14.7. The lowest BCUT2D eigenvalue weighted by atomic mass is 10.2. The molecule has 130 valence electrons. The van der Waals surface area contributed by atoms with Crippen LogP contribution in [-0.2, 0) is 18.4 Å². The molecule has 0 aliphatic carbocycles. The summed E-state index contributed by atoms with van der Waals surface area (Å²) in [5.41, 5.74) is 0. The van der Waals surface area contributed by atoms with Gasteiger partial charge in [-0.3, -0.25) is 9.69 Å². The largest absolute Gasteiger partial charge is 0.340 e. The van der Waals surface area contributed by atoms with E-state index in [2.05, 4.69) is 26.4 Å². The summed E-state index contributed by atoms with van der Waals surface area (Å²) < 4.78 is 4.11. The van der Waals surface area contributed by atoms with Gasteiger partial charge in [0.15, 0.2) is 0 Å². The quantitative estimate of drug-likeness (QED) is 0.827. The Kier molecular flexibility index (Phi) is 4.99. The van der Waals surface area contributed by atoms with Gasteiger partial charge in [-0.1, -0.05) is 0 Å². The number of nitrogens with zero attached hydrogens (tertiary/aromatic N) is 6. The Morgan fingerprint density at radius 1 is 1.17 bits per heavy atom. The Morgan fingerprint density at radius 2 is 1.88 bits per heavy atom. The first kappa shape index (κ1) is 16.7. The number of amides is 1. The van der Waals surface area contributed by atoms with Crippen molar-refractivity contribution in [2.24, 2.45) is 7.05 Å². The molecule has 0 saturated carbocycles. The summed E-state index contributed by atoms with van der Waals surface area (Å²) in [6, 6.07) is 0.144. The zero-order valence-corrected chi connectivity index (χ0v) is 14.7. The highest BCUT2D eigenvalue weighted by molar-refractivity contribution is 5.76. The molecule has 0 unspecified atom stereocenters. The summed E-state index contributed by atoms with van der Waals surface area (Å²) >= 11 is 0. The molecule has 0 spiro atoms. The minimum Gasteiger partial charge on any atom is -0.340 e. The zero-order chi connectivity index (χ0) is 17.1. The van der Waals surface area contributed by atoms with Crippen LogP contribution < -0.4 is 0 Å². The number of piperazine rings is 1. The van der Waals surface area contributed by atoms with Crippen LogP contribution in [0.3, 0.4) is 0 Å². The number of aromatic nitrogens is 4. The van der Waals surface area contributed by atoms with Crippen molar-refractivity contribution in [3.8, 4) is 0 Å². The van der Waals surface area contributed by atoms with Crippen molar-refractivity contribution < 1.29 is 4.79 Å². The van der Waals surface area contributed by atoms with E-state index in [1.54, 1.807) is 6.20 Å². The first-order valence-electron chi connectivity index (χ1n) is 8.50. The molecule has 1 aliphatic rings. The summed E-state index contributed by atoms with van der Waals surface area (Å²) in [5, 5.41) is 0. The van der Waals surface area contributed by atoms with Crippen LogP contribution in [0.2, 0.25) is 0 Å². The minimum atomic E-state index is 0.144. The fraction of sp³-hybridized carbons (Fsp3) is 0.588. The van der Waals surface area contributed by atoms with E-state index in [1.165, 1.54) is 0 Å². The molecule has 0 N–H and O–H groups in total. The van der Waals surface area contributed by atoms with Crippen molar-refractivity contribution in [1.29, 1.82) is 0 Å². The summed E-state index contributed by atoms with van der Waals surface area (Å²) in [6.45, 7) is 8.27. The summed E-state index contributed by atoms with van der Waals surface area (Å²) in [6.07, 6.45) is 8.05. The molecule has 3 rings (SSSR count). The molecule has 2 aromatic rings. The third-order valence-corrected chi connectivity index (χ3v) is 4.82. The molecule has 1 fully saturated rings. The SMILES string of the molecule is Cc1nccn1[C@@H](C)CC(=O)N1CCN(Cc2nccn2C)CC1. The molecule has 7 heteroatoms. The van der Waals surface area contributed by atoms with Crippen molar-refractivity contribution in [3.05, 3.63) is 36.4 Å².